The molecule has 0 spiro atoms. The predicted molar refractivity (Wildman–Crippen MR) is 64.3 cm³/mol. The van der Waals surface area contributed by atoms with E-state index in [0.29, 0.717) is 6.42 Å². The minimum absolute atomic E-state index is 0.170. The van der Waals surface area contributed by atoms with E-state index in [1.165, 1.54) is 0 Å². The summed E-state index contributed by atoms with van der Waals surface area (Å²) in [6.07, 6.45) is 0.742. The van der Waals surface area contributed by atoms with E-state index in [2.05, 4.69) is 0 Å². The number of hydrogen-bond donors (Lipinski definition) is 1. The van der Waals surface area contributed by atoms with Gasteiger partial charge in [-0.2, -0.15) is 0 Å². The summed E-state index contributed by atoms with van der Waals surface area (Å²) < 4.78 is 6.35. The molecule has 4 heteroatoms. The molecular formula is C12H12O3S. The second-order valence-electron chi connectivity index (χ2n) is 3.49. The number of carboxylic acids is 1. The number of carboxylic acid groups (broad SMARTS) is 1. The van der Waals surface area contributed by atoms with Gasteiger partial charge in [-0.15, -0.1) is 11.3 Å². The Hall–Kier alpha value is -1.55. The number of methoxy groups -OCH3 is 1. The van der Waals surface area contributed by atoms with E-state index in [0.717, 1.165) is 21.4 Å². The van der Waals surface area contributed by atoms with Crippen molar-refractivity contribution in [3.05, 3.63) is 29.1 Å². The molecule has 0 atom stereocenters. The maximum Gasteiger partial charge on any atom is 0.303 e. The normalized spacial score (nSPS) is 10.6. The fourth-order valence-corrected chi connectivity index (χ4v) is 2.78. The molecule has 0 saturated heterocycles. The number of ether oxygens (including phenoxy) is 1. The van der Waals surface area contributed by atoms with Gasteiger partial charge in [-0.05, 0) is 28.8 Å². The van der Waals surface area contributed by atoms with Crippen molar-refractivity contribution in [2.45, 2.75) is 12.8 Å². The molecule has 84 valence electrons. The van der Waals surface area contributed by atoms with Crippen molar-refractivity contribution < 1.29 is 14.6 Å². The van der Waals surface area contributed by atoms with Crippen LogP contribution in [0.25, 0.3) is 10.1 Å². The minimum Gasteiger partial charge on any atom is -0.495 e. The molecule has 1 heterocycles. The van der Waals surface area contributed by atoms with E-state index in [-0.39, 0.29) is 6.42 Å². The lowest BCUT2D eigenvalue weighted by atomic mass is 10.1. The van der Waals surface area contributed by atoms with E-state index in [4.69, 9.17) is 9.84 Å². The molecule has 1 N–H and O–H groups in total. The Balaban J connectivity index is 2.37. The Morgan fingerprint density at radius 3 is 3.00 bits per heavy atom. The molecule has 0 unspecified atom stereocenters. The predicted octanol–water partition coefficient (Wildman–Crippen LogP) is 2.93. The van der Waals surface area contributed by atoms with Gasteiger partial charge in [-0.25, -0.2) is 0 Å². The lowest BCUT2D eigenvalue weighted by molar-refractivity contribution is -0.136. The van der Waals surface area contributed by atoms with Crippen molar-refractivity contribution in [1.29, 1.82) is 0 Å². The van der Waals surface area contributed by atoms with E-state index in [1.54, 1.807) is 18.4 Å². The van der Waals surface area contributed by atoms with Gasteiger partial charge in [-0.3, -0.25) is 4.79 Å². The van der Waals surface area contributed by atoms with Crippen LogP contribution >= 0.6 is 11.3 Å². The van der Waals surface area contributed by atoms with Gasteiger partial charge in [0, 0.05) is 6.42 Å². The third-order valence-corrected chi connectivity index (χ3v) is 3.53. The summed E-state index contributed by atoms with van der Waals surface area (Å²) in [4.78, 5) is 10.5. The van der Waals surface area contributed by atoms with Crippen LogP contribution in [0.2, 0.25) is 0 Å². The molecule has 16 heavy (non-hydrogen) atoms. The number of benzene rings is 1. The summed E-state index contributed by atoms with van der Waals surface area (Å²) in [7, 11) is 1.64. The summed E-state index contributed by atoms with van der Waals surface area (Å²) in [5.74, 6) is 0.0892. The second kappa shape index (κ2) is 4.53. The number of carbonyl (C=O) groups is 1. The van der Waals surface area contributed by atoms with Crippen LogP contribution in [0, 0.1) is 0 Å². The Morgan fingerprint density at radius 1 is 1.50 bits per heavy atom. The molecule has 2 aromatic rings. The molecule has 3 nitrogen and oxygen atoms in total. The molecule has 1 aromatic carbocycles. The zero-order valence-electron chi connectivity index (χ0n) is 8.90. The molecule has 0 saturated carbocycles. The van der Waals surface area contributed by atoms with Crippen molar-refractivity contribution in [3.63, 3.8) is 0 Å². The third kappa shape index (κ3) is 2.02. The molecule has 0 radical (unpaired) electrons. The van der Waals surface area contributed by atoms with Crippen LogP contribution in [0.3, 0.4) is 0 Å². The monoisotopic (exact) mass is 236 g/mol. The van der Waals surface area contributed by atoms with Gasteiger partial charge in [0.05, 0.1) is 11.8 Å². The maximum atomic E-state index is 10.5. The smallest absolute Gasteiger partial charge is 0.303 e. The zero-order chi connectivity index (χ0) is 11.5. The number of fused-ring (bicyclic) bond motifs is 1. The van der Waals surface area contributed by atoms with Gasteiger partial charge < -0.3 is 9.84 Å². The minimum atomic E-state index is -0.762. The molecule has 0 aliphatic rings. The zero-order valence-corrected chi connectivity index (χ0v) is 9.71. The van der Waals surface area contributed by atoms with Crippen LogP contribution in [0.15, 0.2) is 23.6 Å². The Kier molecular flexibility index (Phi) is 3.10. The first kappa shape index (κ1) is 11.0. The fraction of sp³-hybridized carbons (Fsp3) is 0.250. The summed E-state index contributed by atoms with van der Waals surface area (Å²) in [5, 5.41) is 11.8. The first-order valence-corrected chi connectivity index (χ1v) is 5.85. The number of aryl methyl sites for hydroxylation is 1. The van der Waals surface area contributed by atoms with Crippen molar-refractivity contribution in [2.75, 3.05) is 7.11 Å². The topological polar surface area (TPSA) is 46.5 Å². The van der Waals surface area contributed by atoms with E-state index >= 15 is 0 Å². The van der Waals surface area contributed by atoms with Gasteiger partial charge in [-0.1, -0.05) is 12.1 Å². The lowest BCUT2D eigenvalue weighted by Crippen LogP contribution is -1.96. The van der Waals surface area contributed by atoms with Crippen LogP contribution in [0.1, 0.15) is 12.0 Å². The van der Waals surface area contributed by atoms with Gasteiger partial charge >= 0.3 is 5.97 Å². The standard InChI is InChI=1S/C12H12O3S/c1-15-10-4-2-3-9-8(5-6-11(13)14)7-16-12(9)10/h2-4,7H,5-6H2,1H3,(H,13,14). The molecule has 0 aliphatic heterocycles. The average Bonchev–Trinajstić information content (AvgIpc) is 2.69. The van der Waals surface area contributed by atoms with Crippen molar-refractivity contribution in [2.24, 2.45) is 0 Å². The maximum absolute atomic E-state index is 10.5. The summed E-state index contributed by atoms with van der Waals surface area (Å²) in [6.45, 7) is 0. The molecule has 1 aromatic heterocycles. The Morgan fingerprint density at radius 2 is 2.31 bits per heavy atom. The van der Waals surface area contributed by atoms with Crippen molar-refractivity contribution in [3.8, 4) is 5.75 Å². The summed E-state index contributed by atoms with van der Waals surface area (Å²) in [5.41, 5.74) is 1.08. The lowest BCUT2D eigenvalue weighted by Gasteiger charge is -2.01. The average molecular weight is 236 g/mol. The van der Waals surface area contributed by atoms with Crippen LogP contribution in [-0.2, 0) is 11.2 Å². The van der Waals surface area contributed by atoms with E-state index in [1.807, 2.05) is 23.6 Å². The fourth-order valence-electron chi connectivity index (χ4n) is 1.68. The van der Waals surface area contributed by atoms with Crippen LogP contribution in [-0.4, -0.2) is 18.2 Å². The highest BCUT2D eigenvalue weighted by molar-refractivity contribution is 7.17. The molecule has 0 fully saturated rings. The van der Waals surface area contributed by atoms with E-state index in [9.17, 15) is 4.79 Å². The first-order valence-electron chi connectivity index (χ1n) is 4.97. The summed E-state index contributed by atoms with van der Waals surface area (Å²) in [6, 6.07) is 5.85. The largest absolute Gasteiger partial charge is 0.495 e. The second-order valence-corrected chi connectivity index (χ2v) is 4.37. The highest BCUT2D eigenvalue weighted by Crippen LogP contribution is 2.34. The molecule has 0 amide bonds. The van der Waals surface area contributed by atoms with Crippen LogP contribution in [0.4, 0.5) is 0 Å². The van der Waals surface area contributed by atoms with Gasteiger partial charge in [0.15, 0.2) is 0 Å². The van der Waals surface area contributed by atoms with Crippen LogP contribution < -0.4 is 4.74 Å². The molecule has 0 bridgehead atoms. The van der Waals surface area contributed by atoms with Crippen molar-refractivity contribution in [1.82, 2.24) is 0 Å². The number of hydrogen-bond acceptors (Lipinski definition) is 3. The summed E-state index contributed by atoms with van der Waals surface area (Å²) >= 11 is 1.60. The molecular weight excluding hydrogens is 224 g/mol. The van der Waals surface area contributed by atoms with Gasteiger partial charge in [0.25, 0.3) is 0 Å². The Labute approximate surface area is 97.3 Å². The van der Waals surface area contributed by atoms with E-state index < -0.39 is 5.97 Å². The van der Waals surface area contributed by atoms with Gasteiger partial charge in [0.2, 0.25) is 0 Å². The third-order valence-electron chi connectivity index (χ3n) is 2.47. The number of thiophene rings is 1. The molecule has 0 aliphatic carbocycles. The highest BCUT2D eigenvalue weighted by Gasteiger charge is 2.09. The quantitative estimate of drug-likeness (QED) is 0.887. The Bertz CT molecular complexity index is 516. The van der Waals surface area contributed by atoms with Crippen molar-refractivity contribution >= 4 is 27.4 Å². The number of aliphatic carboxylic acids is 1. The molecule has 2 rings (SSSR count). The van der Waals surface area contributed by atoms with Gasteiger partial charge in [0.1, 0.15) is 5.75 Å². The number of rotatable bonds is 4. The van der Waals surface area contributed by atoms with Crippen LogP contribution in [0.5, 0.6) is 5.75 Å². The highest BCUT2D eigenvalue weighted by atomic mass is 32.1. The first-order chi connectivity index (χ1) is 7.72. The SMILES string of the molecule is COc1cccc2c(CCC(=O)O)csc12.